The van der Waals surface area contributed by atoms with Crippen molar-refractivity contribution in [2.45, 2.75) is 50.6 Å². The van der Waals surface area contributed by atoms with Gasteiger partial charge in [-0.1, -0.05) is 43.0 Å². The summed E-state index contributed by atoms with van der Waals surface area (Å²) in [4.78, 5) is 12.0. The molecule has 0 aliphatic heterocycles. The molecular formula is C15H21ClN2O. The van der Waals surface area contributed by atoms with Crippen LogP contribution < -0.4 is 11.1 Å². The van der Waals surface area contributed by atoms with E-state index >= 15 is 0 Å². The zero-order valence-electron chi connectivity index (χ0n) is 11.1. The summed E-state index contributed by atoms with van der Waals surface area (Å²) in [7, 11) is 0. The maximum absolute atomic E-state index is 12.0. The van der Waals surface area contributed by atoms with Crippen molar-refractivity contribution in [2.24, 2.45) is 5.73 Å². The van der Waals surface area contributed by atoms with Crippen molar-refractivity contribution in [2.75, 3.05) is 0 Å². The highest BCUT2D eigenvalue weighted by molar-refractivity contribution is 6.30. The highest BCUT2D eigenvalue weighted by atomic mass is 35.5. The van der Waals surface area contributed by atoms with Crippen LogP contribution in [0.3, 0.4) is 0 Å². The number of carbonyl (C=O) groups excluding carboxylic acids is 1. The summed E-state index contributed by atoms with van der Waals surface area (Å²) < 4.78 is 0. The number of amides is 1. The molecule has 4 heteroatoms. The molecule has 3 N–H and O–H groups in total. The molecule has 2 atom stereocenters. The minimum absolute atomic E-state index is 0.0321. The number of nitrogens with one attached hydrogen (secondary N) is 1. The average Bonchev–Trinajstić information content (AvgIpc) is 2.55. The Morgan fingerprint density at radius 1 is 1.32 bits per heavy atom. The first-order valence-electron chi connectivity index (χ1n) is 6.94. The fraction of sp³-hybridized carbons (Fsp3) is 0.533. The maximum atomic E-state index is 12.0. The van der Waals surface area contributed by atoms with Gasteiger partial charge in [0.25, 0.3) is 0 Å². The second kappa shape index (κ2) is 6.92. The molecule has 0 heterocycles. The molecular weight excluding hydrogens is 260 g/mol. The first-order valence-corrected chi connectivity index (χ1v) is 7.32. The molecule has 0 bridgehead atoms. The van der Waals surface area contributed by atoms with Crippen LogP contribution in [0.1, 0.15) is 37.7 Å². The molecule has 19 heavy (non-hydrogen) atoms. The van der Waals surface area contributed by atoms with E-state index in [1.165, 1.54) is 12.8 Å². The van der Waals surface area contributed by atoms with Gasteiger partial charge in [-0.25, -0.2) is 0 Å². The second-order valence-electron chi connectivity index (χ2n) is 5.28. The lowest BCUT2D eigenvalue weighted by Gasteiger charge is -2.22. The van der Waals surface area contributed by atoms with Gasteiger partial charge < -0.3 is 11.1 Å². The van der Waals surface area contributed by atoms with Gasteiger partial charge in [-0.3, -0.25) is 4.79 Å². The minimum Gasteiger partial charge on any atom is -0.352 e. The molecule has 2 rings (SSSR count). The van der Waals surface area contributed by atoms with Gasteiger partial charge in [0.15, 0.2) is 0 Å². The number of nitrogens with two attached hydrogens (primary N) is 1. The molecule has 1 saturated carbocycles. The van der Waals surface area contributed by atoms with Crippen LogP contribution in [-0.2, 0) is 11.2 Å². The van der Waals surface area contributed by atoms with E-state index in [1.54, 1.807) is 0 Å². The van der Waals surface area contributed by atoms with Gasteiger partial charge in [-0.2, -0.15) is 0 Å². The Morgan fingerprint density at radius 3 is 2.89 bits per heavy atom. The maximum Gasteiger partial charge on any atom is 0.224 e. The van der Waals surface area contributed by atoms with E-state index in [0.717, 1.165) is 24.8 Å². The topological polar surface area (TPSA) is 55.1 Å². The fourth-order valence-corrected chi connectivity index (χ4v) is 2.82. The molecule has 0 radical (unpaired) electrons. The quantitative estimate of drug-likeness (QED) is 0.837. The molecule has 104 valence electrons. The molecule has 1 fully saturated rings. The van der Waals surface area contributed by atoms with E-state index in [2.05, 4.69) is 5.32 Å². The van der Waals surface area contributed by atoms with Crippen LogP contribution in [0.2, 0.25) is 5.02 Å². The fourth-order valence-electron chi connectivity index (χ4n) is 2.61. The first-order chi connectivity index (χ1) is 9.15. The Bertz CT molecular complexity index is 436. The zero-order valence-corrected chi connectivity index (χ0v) is 11.8. The van der Waals surface area contributed by atoms with E-state index in [4.69, 9.17) is 17.3 Å². The third kappa shape index (κ3) is 4.51. The monoisotopic (exact) mass is 280 g/mol. The van der Waals surface area contributed by atoms with Gasteiger partial charge in [0.2, 0.25) is 5.91 Å². The van der Waals surface area contributed by atoms with E-state index in [0.29, 0.717) is 11.4 Å². The predicted molar refractivity (Wildman–Crippen MR) is 78.1 cm³/mol. The summed E-state index contributed by atoms with van der Waals surface area (Å²) in [5, 5.41) is 3.73. The van der Waals surface area contributed by atoms with Gasteiger partial charge in [0.1, 0.15) is 0 Å². The van der Waals surface area contributed by atoms with Gasteiger partial charge in [0, 0.05) is 17.1 Å². The van der Waals surface area contributed by atoms with Gasteiger partial charge in [-0.15, -0.1) is 0 Å². The molecule has 1 aromatic rings. The summed E-state index contributed by atoms with van der Waals surface area (Å²) in [5.41, 5.74) is 7.05. The normalized spacial score (nSPS) is 23.7. The smallest absolute Gasteiger partial charge is 0.224 e. The molecule has 1 aliphatic carbocycles. The van der Waals surface area contributed by atoms with Crippen LogP contribution in [0.15, 0.2) is 24.3 Å². The van der Waals surface area contributed by atoms with E-state index in [9.17, 15) is 4.79 Å². The summed E-state index contributed by atoms with van der Waals surface area (Å²) in [6.07, 6.45) is 5.89. The van der Waals surface area contributed by atoms with E-state index in [-0.39, 0.29) is 18.0 Å². The lowest BCUT2D eigenvalue weighted by atomic mass is 10.0. The van der Waals surface area contributed by atoms with Crippen molar-refractivity contribution in [1.29, 1.82) is 0 Å². The summed E-state index contributed by atoms with van der Waals surface area (Å²) >= 11 is 5.91. The molecule has 0 saturated heterocycles. The first kappa shape index (κ1) is 14.4. The third-order valence-corrected chi connectivity index (χ3v) is 3.90. The van der Waals surface area contributed by atoms with E-state index in [1.807, 2.05) is 24.3 Å². The van der Waals surface area contributed by atoms with Crippen molar-refractivity contribution in [1.82, 2.24) is 5.32 Å². The number of rotatable bonds is 3. The zero-order chi connectivity index (χ0) is 13.7. The van der Waals surface area contributed by atoms with Crippen molar-refractivity contribution in [3.8, 4) is 0 Å². The molecule has 0 aromatic heterocycles. The van der Waals surface area contributed by atoms with Gasteiger partial charge >= 0.3 is 0 Å². The number of halogens is 1. The van der Waals surface area contributed by atoms with Gasteiger partial charge in [-0.05, 0) is 30.5 Å². The van der Waals surface area contributed by atoms with Crippen molar-refractivity contribution in [3.05, 3.63) is 34.9 Å². The third-order valence-electron chi connectivity index (χ3n) is 3.67. The molecule has 3 nitrogen and oxygen atoms in total. The second-order valence-corrected chi connectivity index (χ2v) is 5.72. The summed E-state index contributed by atoms with van der Waals surface area (Å²) in [5.74, 6) is 0.0321. The van der Waals surface area contributed by atoms with E-state index < -0.39 is 0 Å². The van der Waals surface area contributed by atoms with Crippen LogP contribution in [0, 0.1) is 0 Å². The Morgan fingerprint density at radius 2 is 2.11 bits per heavy atom. The van der Waals surface area contributed by atoms with Gasteiger partial charge in [0.05, 0.1) is 6.42 Å². The number of hydrogen-bond acceptors (Lipinski definition) is 2. The predicted octanol–water partition coefficient (Wildman–Crippen LogP) is 2.66. The Kier molecular flexibility index (Phi) is 5.23. The molecule has 1 amide bonds. The summed E-state index contributed by atoms with van der Waals surface area (Å²) in [6, 6.07) is 7.62. The van der Waals surface area contributed by atoms with Crippen LogP contribution >= 0.6 is 11.6 Å². The highest BCUT2D eigenvalue weighted by Crippen LogP contribution is 2.17. The average molecular weight is 281 g/mol. The van der Waals surface area contributed by atoms with Crippen LogP contribution in [0.5, 0.6) is 0 Å². The number of carbonyl (C=O) groups is 1. The number of benzene rings is 1. The van der Waals surface area contributed by atoms with Crippen LogP contribution in [-0.4, -0.2) is 18.0 Å². The summed E-state index contributed by atoms with van der Waals surface area (Å²) in [6.45, 7) is 0. The Labute approximate surface area is 119 Å². The van der Waals surface area contributed by atoms with Crippen LogP contribution in [0.25, 0.3) is 0 Å². The molecule has 1 aromatic carbocycles. The van der Waals surface area contributed by atoms with Crippen molar-refractivity contribution < 1.29 is 4.79 Å². The molecule has 2 unspecified atom stereocenters. The largest absolute Gasteiger partial charge is 0.352 e. The van der Waals surface area contributed by atoms with Crippen molar-refractivity contribution >= 4 is 17.5 Å². The standard InChI is InChI=1S/C15H21ClN2O/c16-12-6-4-5-11(9-12)10-15(19)18-14-8-3-1-2-7-13(14)17/h4-6,9,13-14H,1-3,7-8,10,17H2,(H,18,19). The SMILES string of the molecule is NC1CCCCCC1NC(=O)Cc1cccc(Cl)c1. The van der Waals surface area contributed by atoms with Crippen LogP contribution in [0.4, 0.5) is 0 Å². The molecule has 1 aliphatic rings. The Balaban J connectivity index is 1.89. The number of hydrogen-bond donors (Lipinski definition) is 2. The highest BCUT2D eigenvalue weighted by Gasteiger charge is 2.21. The Hall–Kier alpha value is -1.06. The van der Waals surface area contributed by atoms with Crippen molar-refractivity contribution in [3.63, 3.8) is 0 Å². The minimum atomic E-state index is 0.0321. The lowest BCUT2D eigenvalue weighted by molar-refractivity contribution is -0.121. The lowest BCUT2D eigenvalue weighted by Crippen LogP contribution is -2.47. The molecule has 0 spiro atoms.